The van der Waals surface area contributed by atoms with Gasteiger partial charge < -0.3 is 10.8 Å². The van der Waals surface area contributed by atoms with E-state index >= 15 is 0 Å². The van der Waals surface area contributed by atoms with Crippen molar-refractivity contribution in [2.45, 2.75) is 35.0 Å². The lowest BCUT2D eigenvalue weighted by atomic mass is 10.3. The molecule has 7 heteroatoms. The van der Waals surface area contributed by atoms with Crippen LogP contribution in [0, 0.1) is 0 Å². The Morgan fingerprint density at radius 2 is 2.00 bits per heavy atom. The molecule has 0 radical (unpaired) electrons. The van der Waals surface area contributed by atoms with E-state index in [1.165, 1.54) is 24.9 Å². The van der Waals surface area contributed by atoms with Gasteiger partial charge in [0.2, 0.25) is 10.0 Å². The fraction of sp³-hybridized carbons (Fsp3) is 0.455. The summed E-state index contributed by atoms with van der Waals surface area (Å²) in [6.07, 6.45) is -0.530. The number of nitrogens with one attached hydrogen (secondary N) is 1. The monoisotopic (exact) mass is 290 g/mol. The normalized spacial score (nSPS) is 15.3. The van der Waals surface area contributed by atoms with Gasteiger partial charge in [0.25, 0.3) is 0 Å². The van der Waals surface area contributed by atoms with Crippen LogP contribution in [0.15, 0.2) is 28.0 Å². The fourth-order valence-electron chi connectivity index (χ4n) is 1.24. The fourth-order valence-corrected chi connectivity index (χ4v) is 3.48. The van der Waals surface area contributed by atoms with E-state index in [-0.39, 0.29) is 10.1 Å². The molecule has 0 spiro atoms. The van der Waals surface area contributed by atoms with Gasteiger partial charge in [-0.1, -0.05) is 6.92 Å². The van der Waals surface area contributed by atoms with Gasteiger partial charge in [0.1, 0.15) is 0 Å². The molecule has 0 amide bonds. The van der Waals surface area contributed by atoms with Gasteiger partial charge in [-0.05, 0) is 32.2 Å². The molecule has 0 bridgehead atoms. The van der Waals surface area contributed by atoms with Crippen LogP contribution in [0.3, 0.4) is 0 Å². The van der Waals surface area contributed by atoms with Gasteiger partial charge >= 0.3 is 0 Å². The summed E-state index contributed by atoms with van der Waals surface area (Å²) >= 11 is 1.30. The zero-order valence-electron chi connectivity index (χ0n) is 10.5. The molecule has 18 heavy (non-hydrogen) atoms. The smallest absolute Gasteiger partial charge is 0.241 e. The van der Waals surface area contributed by atoms with Crippen molar-refractivity contribution < 1.29 is 13.5 Å². The molecule has 0 fully saturated rings. The summed E-state index contributed by atoms with van der Waals surface area (Å²) in [4.78, 5) is 0.717. The first-order chi connectivity index (χ1) is 8.27. The number of thioether (sulfide) groups is 1. The number of sulfonamides is 1. The highest BCUT2D eigenvalue weighted by atomic mass is 32.2. The molecule has 0 saturated carbocycles. The van der Waals surface area contributed by atoms with Gasteiger partial charge in [0, 0.05) is 15.8 Å². The Bertz CT molecular complexity index is 515. The van der Waals surface area contributed by atoms with Gasteiger partial charge in [-0.15, -0.1) is 11.8 Å². The van der Waals surface area contributed by atoms with E-state index < -0.39 is 16.1 Å². The quantitative estimate of drug-likeness (QED) is 0.556. The lowest BCUT2D eigenvalue weighted by molar-refractivity contribution is 0.196. The number of aliphatic hydroxyl groups is 1. The molecular weight excluding hydrogens is 272 g/mol. The van der Waals surface area contributed by atoms with Crippen LogP contribution in [0.25, 0.3) is 0 Å². The van der Waals surface area contributed by atoms with Crippen molar-refractivity contribution in [2.75, 3.05) is 12.8 Å². The third kappa shape index (κ3) is 3.61. The molecule has 0 aliphatic heterocycles. The zero-order chi connectivity index (χ0) is 13.9. The van der Waals surface area contributed by atoms with Crippen LogP contribution in [0.1, 0.15) is 13.8 Å². The van der Waals surface area contributed by atoms with Gasteiger partial charge in [0.05, 0.1) is 11.0 Å². The summed E-state index contributed by atoms with van der Waals surface area (Å²) in [5.41, 5.74) is 6.01. The third-order valence-corrected chi connectivity index (χ3v) is 5.48. The van der Waals surface area contributed by atoms with Crippen molar-refractivity contribution in [3.8, 4) is 0 Å². The Kier molecular flexibility index (Phi) is 5.03. The summed E-state index contributed by atoms with van der Waals surface area (Å²) < 4.78 is 26.0. The predicted octanol–water partition coefficient (Wildman–Crippen LogP) is 1.04. The summed E-state index contributed by atoms with van der Waals surface area (Å²) in [6.45, 7) is 3.50. The second-order valence-electron chi connectivity index (χ2n) is 3.98. The van der Waals surface area contributed by atoms with E-state index in [1.807, 2.05) is 6.92 Å². The Labute approximate surface area is 112 Å². The lowest BCUT2D eigenvalue weighted by Crippen LogP contribution is -2.21. The van der Waals surface area contributed by atoms with Gasteiger partial charge in [0.15, 0.2) is 0 Å². The van der Waals surface area contributed by atoms with Crippen molar-refractivity contribution in [3.05, 3.63) is 18.2 Å². The number of hydrogen-bond acceptors (Lipinski definition) is 5. The van der Waals surface area contributed by atoms with Gasteiger partial charge in [-0.2, -0.15) is 0 Å². The van der Waals surface area contributed by atoms with Crippen LogP contribution in [0.5, 0.6) is 0 Å². The molecule has 0 heterocycles. The number of benzene rings is 1. The number of nitrogen functional groups attached to an aromatic ring is 1. The van der Waals surface area contributed by atoms with Crippen LogP contribution >= 0.6 is 11.8 Å². The number of rotatable bonds is 5. The number of nitrogens with two attached hydrogens (primary N) is 1. The van der Waals surface area contributed by atoms with Crippen LogP contribution in [0.4, 0.5) is 5.69 Å². The first-order valence-corrected chi connectivity index (χ1v) is 7.82. The molecule has 2 unspecified atom stereocenters. The molecular formula is C11H18N2O3S2. The molecule has 1 aromatic rings. The maximum absolute atomic E-state index is 11.9. The van der Waals surface area contributed by atoms with E-state index in [2.05, 4.69) is 4.72 Å². The largest absolute Gasteiger partial charge is 0.399 e. The highest BCUT2D eigenvalue weighted by Gasteiger charge is 2.20. The van der Waals surface area contributed by atoms with Gasteiger partial charge in [-0.25, -0.2) is 13.1 Å². The molecule has 0 aromatic heterocycles. The Morgan fingerprint density at radius 1 is 1.39 bits per heavy atom. The molecule has 1 rings (SSSR count). The van der Waals surface area contributed by atoms with Crippen LogP contribution in [-0.4, -0.2) is 31.9 Å². The van der Waals surface area contributed by atoms with Crippen LogP contribution in [0.2, 0.25) is 0 Å². The zero-order valence-corrected chi connectivity index (χ0v) is 12.2. The molecule has 0 aliphatic rings. The minimum Gasteiger partial charge on any atom is -0.399 e. The molecule has 2 atom stereocenters. The summed E-state index contributed by atoms with van der Waals surface area (Å²) in [5.74, 6) is 0. The maximum atomic E-state index is 11.9. The molecule has 4 N–H and O–H groups in total. The number of aliphatic hydroxyl groups excluding tert-OH is 1. The summed E-state index contributed by atoms with van der Waals surface area (Å²) in [6, 6.07) is 4.72. The first-order valence-electron chi connectivity index (χ1n) is 5.45. The molecule has 0 aliphatic carbocycles. The van der Waals surface area contributed by atoms with E-state index in [1.54, 1.807) is 19.1 Å². The van der Waals surface area contributed by atoms with Crippen molar-refractivity contribution in [2.24, 2.45) is 0 Å². The number of anilines is 1. The van der Waals surface area contributed by atoms with E-state index in [0.29, 0.717) is 10.6 Å². The summed E-state index contributed by atoms with van der Waals surface area (Å²) in [5, 5.41) is 9.37. The van der Waals surface area contributed by atoms with E-state index in [9.17, 15) is 13.5 Å². The average Bonchev–Trinajstić information content (AvgIpc) is 2.31. The van der Waals surface area contributed by atoms with Crippen LogP contribution in [-0.2, 0) is 10.0 Å². The molecule has 102 valence electrons. The second kappa shape index (κ2) is 5.92. The van der Waals surface area contributed by atoms with Crippen LogP contribution < -0.4 is 10.5 Å². The summed E-state index contributed by atoms with van der Waals surface area (Å²) in [7, 11) is -2.20. The standard InChI is InChI=1S/C11H18N2O3S2/c1-7(14)8(2)17-10-5-4-9(12)6-11(10)18(15,16)13-3/h4-8,13-14H,12H2,1-3H3. The Hall–Kier alpha value is -0.760. The predicted molar refractivity (Wildman–Crippen MR) is 74.1 cm³/mol. The van der Waals surface area contributed by atoms with E-state index in [4.69, 9.17) is 5.73 Å². The van der Waals surface area contributed by atoms with Gasteiger partial charge in [-0.3, -0.25) is 0 Å². The molecule has 5 nitrogen and oxygen atoms in total. The Morgan fingerprint density at radius 3 is 2.50 bits per heavy atom. The average molecular weight is 290 g/mol. The topological polar surface area (TPSA) is 92.4 Å². The highest BCUT2D eigenvalue weighted by Crippen LogP contribution is 2.32. The number of hydrogen-bond donors (Lipinski definition) is 3. The van der Waals surface area contributed by atoms with E-state index in [0.717, 1.165) is 0 Å². The van der Waals surface area contributed by atoms with Crippen molar-refractivity contribution >= 4 is 27.5 Å². The molecule has 1 aromatic carbocycles. The minimum absolute atomic E-state index is 0.112. The minimum atomic E-state index is -3.56. The lowest BCUT2D eigenvalue weighted by Gasteiger charge is -2.16. The third-order valence-electron chi connectivity index (χ3n) is 2.52. The van der Waals surface area contributed by atoms with Crippen molar-refractivity contribution in [1.82, 2.24) is 4.72 Å². The molecule has 0 saturated heterocycles. The Balaban J connectivity index is 3.20. The second-order valence-corrected chi connectivity index (χ2v) is 7.25. The van der Waals surface area contributed by atoms with Crippen molar-refractivity contribution in [3.63, 3.8) is 0 Å². The van der Waals surface area contributed by atoms with Crippen molar-refractivity contribution in [1.29, 1.82) is 0 Å². The maximum Gasteiger partial charge on any atom is 0.241 e. The highest BCUT2D eigenvalue weighted by molar-refractivity contribution is 8.00. The first kappa shape index (κ1) is 15.3. The SMILES string of the molecule is CNS(=O)(=O)c1cc(N)ccc1SC(C)C(C)O.